The van der Waals surface area contributed by atoms with Crippen LogP contribution in [0.4, 0.5) is 11.4 Å². The molecule has 9 heteroatoms. The first-order chi connectivity index (χ1) is 12.8. The van der Waals surface area contributed by atoms with Crippen LogP contribution < -0.4 is 5.32 Å². The zero-order valence-electron chi connectivity index (χ0n) is 15.1. The Labute approximate surface area is 163 Å². The maximum absolute atomic E-state index is 12.0. The molecule has 0 spiro atoms. The van der Waals surface area contributed by atoms with Crippen LogP contribution in [0.2, 0.25) is 0 Å². The van der Waals surface area contributed by atoms with Gasteiger partial charge in [-0.3, -0.25) is 15.0 Å². The van der Waals surface area contributed by atoms with Gasteiger partial charge < -0.3 is 5.32 Å². The number of nitro benzene ring substituents is 1. The predicted octanol–water partition coefficient (Wildman–Crippen LogP) is 3.38. The zero-order valence-corrected chi connectivity index (χ0v) is 16.8. The Hall–Kier alpha value is -1.97. The summed E-state index contributed by atoms with van der Waals surface area (Å²) in [4.78, 5) is 14.1. The fraction of sp³-hybridized carbons (Fsp3) is 0.444. The smallest absolute Gasteiger partial charge is 0.270 e. The molecular formula is C18H23N3O4S2. The highest BCUT2D eigenvalue weighted by Gasteiger charge is 2.22. The molecule has 1 aromatic carbocycles. The van der Waals surface area contributed by atoms with Gasteiger partial charge in [-0.25, -0.2) is 8.42 Å². The third-order valence-corrected chi connectivity index (χ3v) is 6.82. The molecule has 0 aliphatic carbocycles. The van der Waals surface area contributed by atoms with Gasteiger partial charge in [0.05, 0.1) is 15.5 Å². The van der Waals surface area contributed by atoms with E-state index in [0.717, 1.165) is 44.8 Å². The molecule has 0 bridgehead atoms. The Morgan fingerprint density at radius 1 is 1.30 bits per heavy atom. The Bertz CT molecular complexity index is 889. The molecule has 2 aromatic rings. The number of piperidine rings is 1. The molecule has 0 amide bonds. The van der Waals surface area contributed by atoms with Crippen LogP contribution in [0.15, 0.2) is 40.6 Å². The second-order valence-corrected chi connectivity index (χ2v) is 9.91. The van der Waals surface area contributed by atoms with Crippen LogP contribution in [0.5, 0.6) is 0 Å². The summed E-state index contributed by atoms with van der Waals surface area (Å²) < 4.78 is 24.0. The van der Waals surface area contributed by atoms with E-state index in [0.29, 0.717) is 18.2 Å². The summed E-state index contributed by atoms with van der Waals surface area (Å²) >= 11 is 1.77. The molecule has 2 heterocycles. The van der Waals surface area contributed by atoms with Crippen molar-refractivity contribution in [2.75, 3.05) is 31.2 Å². The van der Waals surface area contributed by atoms with Crippen LogP contribution in [0.3, 0.4) is 0 Å². The van der Waals surface area contributed by atoms with Crippen molar-refractivity contribution in [3.8, 4) is 0 Å². The lowest BCUT2D eigenvalue weighted by Gasteiger charge is -2.32. The molecule has 1 saturated heterocycles. The van der Waals surface area contributed by atoms with Crippen LogP contribution in [0, 0.1) is 16.0 Å². The van der Waals surface area contributed by atoms with Crippen molar-refractivity contribution in [3.63, 3.8) is 0 Å². The molecule has 7 nitrogen and oxygen atoms in total. The number of rotatable bonds is 7. The largest absolute Gasteiger partial charge is 0.384 e. The highest BCUT2D eigenvalue weighted by Crippen LogP contribution is 2.28. The monoisotopic (exact) mass is 409 g/mol. The van der Waals surface area contributed by atoms with Crippen molar-refractivity contribution in [1.29, 1.82) is 0 Å². The summed E-state index contributed by atoms with van der Waals surface area (Å²) in [6.45, 7) is 3.68. The minimum atomic E-state index is -3.55. The van der Waals surface area contributed by atoms with Crippen molar-refractivity contribution in [2.24, 2.45) is 5.92 Å². The topological polar surface area (TPSA) is 92.5 Å². The van der Waals surface area contributed by atoms with Crippen LogP contribution in [-0.4, -0.2) is 44.1 Å². The standard InChI is InChI=1S/C18H23N3O4S2/c1-27(24,25)18-11-15(21(22)23)4-5-17(18)19-12-14-6-8-20(9-7-14)13-16-3-2-10-26-16/h2-5,10-11,14,19H,6-9,12-13H2,1H3. The quantitative estimate of drug-likeness (QED) is 0.557. The fourth-order valence-electron chi connectivity index (χ4n) is 3.30. The molecule has 146 valence electrons. The van der Waals surface area contributed by atoms with Crippen molar-refractivity contribution >= 4 is 32.5 Å². The fourth-order valence-corrected chi connectivity index (χ4v) is 4.92. The van der Waals surface area contributed by atoms with Crippen LogP contribution in [0.25, 0.3) is 0 Å². The number of nitrogens with zero attached hydrogens (tertiary/aromatic N) is 2. The third kappa shape index (κ3) is 5.27. The number of hydrogen-bond acceptors (Lipinski definition) is 7. The summed E-state index contributed by atoms with van der Waals surface area (Å²) in [7, 11) is -3.55. The molecule has 1 aromatic heterocycles. The lowest BCUT2D eigenvalue weighted by molar-refractivity contribution is -0.385. The van der Waals surface area contributed by atoms with Crippen molar-refractivity contribution in [1.82, 2.24) is 4.90 Å². The molecule has 1 aliphatic heterocycles. The highest BCUT2D eigenvalue weighted by molar-refractivity contribution is 7.90. The molecule has 0 saturated carbocycles. The van der Waals surface area contributed by atoms with Gasteiger partial charge in [0, 0.05) is 36.4 Å². The van der Waals surface area contributed by atoms with Crippen molar-refractivity contribution in [2.45, 2.75) is 24.3 Å². The van der Waals surface area contributed by atoms with E-state index in [2.05, 4.69) is 27.7 Å². The highest BCUT2D eigenvalue weighted by atomic mass is 32.2. The molecule has 1 N–H and O–H groups in total. The van der Waals surface area contributed by atoms with Gasteiger partial charge in [-0.15, -0.1) is 11.3 Å². The SMILES string of the molecule is CS(=O)(=O)c1cc([N+](=O)[O-])ccc1NCC1CCN(Cc2cccs2)CC1. The summed E-state index contributed by atoms with van der Waals surface area (Å²) in [6.07, 6.45) is 3.15. The number of nitro groups is 1. The number of benzene rings is 1. The van der Waals surface area contributed by atoms with Gasteiger partial charge in [0.2, 0.25) is 0 Å². The first kappa shape index (κ1) is 19.8. The number of sulfone groups is 1. The second-order valence-electron chi connectivity index (χ2n) is 6.89. The number of nitrogens with one attached hydrogen (secondary N) is 1. The predicted molar refractivity (Wildman–Crippen MR) is 107 cm³/mol. The number of thiophene rings is 1. The molecule has 3 rings (SSSR count). The Balaban J connectivity index is 1.58. The van der Waals surface area contributed by atoms with Crippen molar-refractivity contribution in [3.05, 3.63) is 50.7 Å². The normalized spacial score (nSPS) is 16.3. The van der Waals surface area contributed by atoms with E-state index in [-0.39, 0.29) is 10.6 Å². The molecule has 1 fully saturated rings. The van der Waals surface area contributed by atoms with Gasteiger partial charge in [-0.2, -0.15) is 0 Å². The second kappa shape index (κ2) is 8.37. The third-order valence-electron chi connectivity index (χ3n) is 4.82. The van der Waals surface area contributed by atoms with E-state index in [9.17, 15) is 18.5 Å². The molecule has 0 atom stereocenters. The van der Waals surface area contributed by atoms with E-state index in [4.69, 9.17) is 0 Å². The number of likely N-dealkylation sites (tertiary alicyclic amines) is 1. The van der Waals surface area contributed by atoms with Gasteiger partial charge in [-0.05, 0) is 49.4 Å². The molecule has 0 radical (unpaired) electrons. The van der Waals surface area contributed by atoms with Crippen LogP contribution in [0.1, 0.15) is 17.7 Å². The van der Waals surface area contributed by atoms with E-state index in [1.54, 1.807) is 11.3 Å². The summed E-state index contributed by atoms with van der Waals surface area (Å²) in [6, 6.07) is 8.17. The van der Waals surface area contributed by atoms with Gasteiger partial charge in [0.15, 0.2) is 9.84 Å². The average Bonchev–Trinajstić information content (AvgIpc) is 3.13. The minimum Gasteiger partial charge on any atom is -0.384 e. The Kier molecular flexibility index (Phi) is 6.13. The molecule has 27 heavy (non-hydrogen) atoms. The van der Waals surface area contributed by atoms with Crippen LogP contribution >= 0.6 is 11.3 Å². The van der Waals surface area contributed by atoms with Gasteiger partial charge in [0.25, 0.3) is 5.69 Å². The summed E-state index contributed by atoms with van der Waals surface area (Å²) in [5.41, 5.74) is 0.215. The van der Waals surface area contributed by atoms with Gasteiger partial charge in [0.1, 0.15) is 0 Å². The Morgan fingerprint density at radius 3 is 2.63 bits per heavy atom. The Morgan fingerprint density at radius 2 is 2.04 bits per heavy atom. The molecular weight excluding hydrogens is 386 g/mol. The number of anilines is 1. The number of hydrogen-bond donors (Lipinski definition) is 1. The summed E-state index contributed by atoms with van der Waals surface area (Å²) in [5.74, 6) is 0.451. The zero-order chi connectivity index (χ0) is 19.4. The molecule has 0 unspecified atom stereocenters. The summed E-state index contributed by atoms with van der Waals surface area (Å²) in [5, 5.41) is 16.2. The van der Waals surface area contributed by atoms with Gasteiger partial charge in [-0.1, -0.05) is 6.07 Å². The van der Waals surface area contributed by atoms with E-state index in [1.165, 1.54) is 17.0 Å². The van der Waals surface area contributed by atoms with Crippen LogP contribution in [-0.2, 0) is 16.4 Å². The maximum Gasteiger partial charge on any atom is 0.270 e. The average molecular weight is 410 g/mol. The van der Waals surface area contributed by atoms with E-state index in [1.807, 2.05) is 0 Å². The lowest BCUT2D eigenvalue weighted by Crippen LogP contribution is -2.35. The lowest BCUT2D eigenvalue weighted by atomic mass is 9.96. The molecule has 1 aliphatic rings. The first-order valence-electron chi connectivity index (χ1n) is 8.80. The van der Waals surface area contributed by atoms with E-state index < -0.39 is 14.8 Å². The maximum atomic E-state index is 12.0. The number of non-ortho nitro benzene ring substituents is 1. The minimum absolute atomic E-state index is 0.0215. The van der Waals surface area contributed by atoms with Gasteiger partial charge >= 0.3 is 0 Å². The van der Waals surface area contributed by atoms with Crippen molar-refractivity contribution < 1.29 is 13.3 Å². The first-order valence-corrected chi connectivity index (χ1v) is 11.6. The van der Waals surface area contributed by atoms with E-state index >= 15 is 0 Å².